The summed E-state index contributed by atoms with van der Waals surface area (Å²) in [4.78, 5) is 75.7. The molecule has 6 aliphatic heterocycles. The average Bonchev–Trinajstić information content (AvgIpc) is 3.78. The lowest BCUT2D eigenvalue weighted by atomic mass is 9.82. The second-order valence-corrected chi connectivity index (χ2v) is 17.4. The summed E-state index contributed by atoms with van der Waals surface area (Å²) < 4.78 is 5.96. The number of nitrogens with zero attached hydrogens (tertiary/aromatic N) is 8. The highest BCUT2D eigenvalue weighted by molar-refractivity contribution is 6.23. The Morgan fingerprint density at radius 2 is 1.44 bits per heavy atom. The fraction of sp³-hybridized carbons (Fsp3) is 0.533. The van der Waals surface area contributed by atoms with Crippen LogP contribution in [0.4, 0.5) is 11.5 Å². The number of carbonyl (C=O) groups is 4. The lowest BCUT2D eigenvalue weighted by Gasteiger charge is -2.39. The van der Waals surface area contributed by atoms with Crippen molar-refractivity contribution in [2.45, 2.75) is 77.5 Å². The van der Waals surface area contributed by atoms with Gasteiger partial charge in [-0.15, -0.1) is 0 Å². The molecule has 4 saturated heterocycles. The highest BCUT2D eigenvalue weighted by Gasteiger charge is 2.45. The van der Waals surface area contributed by atoms with Crippen molar-refractivity contribution < 1.29 is 23.9 Å². The number of ether oxygens (including phenoxy) is 1. The molecule has 4 amide bonds. The van der Waals surface area contributed by atoms with E-state index in [0.717, 1.165) is 110 Å². The Bertz CT molecular complexity index is 2130. The van der Waals surface area contributed by atoms with Gasteiger partial charge in [0.1, 0.15) is 23.9 Å². The summed E-state index contributed by atoms with van der Waals surface area (Å²) in [5, 5.41) is 2.26. The number of carbonyl (C=O) groups excluding carboxylic acids is 4. The Kier molecular flexibility index (Phi) is 11.2. The van der Waals surface area contributed by atoms with Crippen molar-refractivity contribution in [1.82, 2.24) is 30.0 Å². The number of piperidine rings is 3. The van der Waals surface area contributed by atoms with E-state index in [1.165, 1.54) is 37.9 Å². The van der Waals surface area contributed by atoms with Gasteiger partial charge in [-0.2, -0.15) is 0 Å². The summed E-state index contributed by atoms with van der Waals surface area (Å²) in [5.74, 6) is 1.42. The predicted molar refractivity (Wildman–Crippen MR) is 224 cm³/mol. The van der Waals surface area contributed by atoms with E-state index in [0.29, 0.717) is 23.6 Å². The lowest BCUT2D eigenvalue weighted by molar-refractivity contribution is -0.136. The molecule has 310 valence electrons. The molecule has 1 N–H and O–H groups in total. The third-order valence-corrected chi connectivity index (χ3v) is 13.2. The van der Waals surface area contributed by atoms with Gasteiger partial charge in [0.15, 0.2) is 0 Å². The fourth-order valence-corrected chi connectivity index (χ4v) is 9.86. The van der Waals surface area contributed by atoms with Crippen LogP contribution in [0.15, 0.2) is 53.8 Å². The Labute approximate surface area is 346 Å². The van der Waals surface area contributed by atoms with Gasteiger partial charge in [-0.3, -0.25) is 39.3 Å². The molecule has 0 saturated carbocycles. The van der Waals surface area contributed by atoms with Crippen molar-refractivity contribution in [3.8, 4) is 5.75 Å². The molecule has 14 heteroatoms. The average molecular weight is 802 g/mol. The number of nitrogens with one attached hydrogen (secondary N) is 1. The van der Waals surface area contributed by atoms with Gasteiger partial charge in [0, 0.05) is 76.1 Å². The number of fused-ring (bicyclic) bond motifs is 2. The molecule has 1 atom stereocenters. The van der Waals surface area contributed by atoms with Crippen LogP contribution in [0.25, 0.3) is 0 Å². The van der Waals surface area contributed by atoms with E-state index in [9.17, 15) is 19.2 Å². The number of aromatic nitrogens is 2. The van der Waals surface area contributed by atoms with Crippen molar-refractivity contribution >= 4 is 40.8 Å². The monoisotopic (exact) mass is 801 g/mol. The number of anilines is 2. The number of likely N-dealkylation sites (tertiary alicyclic amines) is 1. The molecule has 1 aromatic heterocycles. The summed E-state index contributed by atoms with van der Waals surface area (Å²) in [6.45, 7) is 15.1. The first-order chi connectivity index (χ1) is 28.7. The van der Waals surface area contributed by atoms with Gasteiger partial charge in [-0.25, -0.2) is 9.97 Å². The number of hydrogen-bond donors (Lipinski definition) is 1. The van der Waals surface area contributed by atoms with Crippen molar-refractivity contribution in [1.29, 1.82) is 0 Å². The molecule has 0 bridgehead atoms. The van der Waals surface area contributed by atoms with E-state index in [1.807, 2.05) is 32.0 Å². The van der Waals surface area contributed by atoms with Crippen molar-refractivity contribution in [2.75, 3.05) is 75.2 Å². The molecule has 59 heavy (non-hydrogen) atoms. The second-order valence-electron chi connectivity index (χ2n) is 17.4. The highest BCUT2D eigenvalue weighted by atomic mass is 16.5. The topological polar surface area (TPSA) is 144 Å². The van der Waals surface area contributed by atoms with Gasteiger partial charge in [-0.05, 0) is 113 Å². The van der Waals surface area contributed by atoms with Crippen LogP contribution in [0.1, 0.15) is 96.3 Å². The van der Waals surface area contributed by atoms with Crippen LogP contribution in [0, 0.1) is 11.8 Å². The molecular formula is C45H55N9O5. The molecule has 0 radical (unpaired) electrons. The van der Waals surface area contributed by atoms with Gasteiger partial charge >= 0.3 is 0 Å². The highest BCUT2D eigenvalue weighted by Crippen LogP contribution is 2.35. The molecule has 9 rings (SSSR count). The maximum absolute atomic E-state index is 13.3. The van der Waals surface area contributed by atoms with Crippen LogP contribution in [-0.2, 0) is 16.1 Å². The lowest BCUT2D eigenvalue weighted by Crippen LogP contribution is -2.54. The molecular weight excluding hydrogens is 747 g/mol. The minimum absolute atomic E-state index is 0.112. The van der Waals surface area contributed by atoms with Crippen LogP contribution in [0.2, 0.25) is 0 Å². The molecule has 2 aromatic carbocycles. The van der Waals surface area contributed by atoms with E-state index in [1.54, 1.807) is 12.4 Å². The van der Waals surface area contributed by atoms with E-state index in [4.69, 9.17) is 9.73 Å². The Morgan fingerprint density at radius 3 is 2.17 bits per heavy atom. The zero-order chi connectivity index (χ0) is 40.6. The van der Waals surface area contributed by atoms with Gasteiger partial charge in [0.25, 0.3) is 11.8 Å². The molecule has 14 nitrogen and oxygen atoms in total. The third kappa shape index (κ3) is 8.34. The molecule has 4 fully saturated rings. The van der Waals surface area contributed by atoms with Crippen molar-refractivity contribution in [3.63, 3.8) is 0 Å². The SMILES string of the molecule is CC(C)Oc1ccc2c(c1)C(c1cc(N3CCN(CCN4CCC(CC5CCN(c6ccc7c(c6)C(=O)N(C6CCC(=O)NC6=O)C7=O)CC5)CC4)CC3)ncn1)=NC2. The molecule has 0 spiro atoms. The Balaban J connectivity index is 0.690. The number of aliphatic imine (C=N–C) groups is 1. The summed E-state index contributed by atoms with van der Waals surface area (Å²) >= 11 is 0. The summed E-state index contributed by atoms with van der Waals surface area (Å²) in [6, 6.07) is 12.8. The standard InChI is InChI=1S/C45H55N9O5/c1-29(2)59-34-5-3-32-27-46-42(36(32)25-34)38-26-40(48-28-47-38)53-21-19-51(20-22-53)18-17-50-13-9-30(10-14-50)23-31-11-15-52(16-12-31)33-4-6-35-37(24-33)45(58)54(44(35)57)39-7-8-41(55)49-43(39)56/h3-6,24-26,28-31,39H,7-23,27H2,1-2H3,(H,49,55,56). The first-order valence-corrected chi connectivity index (χ1v) is 21.6. The quantitative estimate of drug-likeness (QED) is 0.280. The van der Waals surface area contributed by atoms with Crippen LogP contribution in [0.5, 0.6) is 5.75 Å². The van der Waals surface area contributed by atoms with Gasteiger partial charge in [0.05, 0.1) is 35.2 Å². The number of hydrogen-bond acceptors (Lipinski definition) is 12. The molecule has 6 aliphatic rings. The number of amides is 4. The van der Waals surface area contributed by atoms with Crippen molar-refractivity contribution in [2.24, 2.45) is 16.8 Å². The van der Waals surface area contributed by atoms with E-state index < -0.39 is 23.8 Å². The number of benzene rings is 2. The first kappa shape index (κ1) is 39.3. The third-order valence-electron chi connectivity index (χ3n) is 13.2. The predicted octanol–water partition coefficient (Wildman–Crippen LogP) is 4.16. The number of rotatable bonds is 11. The van der Waals surface area contributed by atoms with Gasteiger partial charge in [-0.1, -0.05) is 6.07 Å². The first-order valence-electron chi connectivity index (χ1n) is 21.6. The fourth-order valence-electron chi connectivity index (χ4n) is 9.86. The summed E-state index contributed by atoms with van der Waals surface area (Å²) in [7, 11) is 0. The van der Waals surface area contributed by atoms with E-state index in [2.05, 4.69) is 53.1 Å². The minimum Gasteiger partial charge on any atom is -0.491 e. The van der Waals surface area contributed by atoms with Gasteiger partial charge in [0.2, 0.25) is 11.8 Å². The molecule has 3 aromatic rings. The zero-order valence-corrected chi connectivity index (χ0v) is 34.3. The van der Waals surface area contributed by atoms with Crippen LogP contribution in [-0.4, -0.2) is 132 Å². The van der Waals surface area contributed by atoms with E-state index in [-0.39, 0.29) is 24.9 Å². The normalized spacial score (nSPS) is 22.3. The zero-order valence-electron chi connectivity index (χ0n) is 34.3. The maximum Gasteiger partial charge on any atom is 0.262 e. The second kappa shape index (κ2) is 16.8. The largest absolute Gasteiger partial charge is 0.491 e. The van der Waals surface area contributed by atoms with E-state index >= 15 is 0 Å². The van der Waals surface area contributed by atoms with Crippen LogP contribution >= 0.6 is 0 Å². The van der Waals surface area contributed by atoms with Crippen LogP contribution in [0.3, 0.4) is 0 Å². The molecule has 7 heterocycles. The Hall–Kier alpha value is -5.21. The van der Waals surface area contributed by atoms with Gasteiger partial charge < -0.3 is 19.4 Å². The van der Waals surface area contributed by atoms with Crippen molar-refractivity contribution in [3.05, 3.63) is 76.7 Å². The molecule has 1 unspecified atom stereocenters. The number of piperazine rings is 1. The summed E-state index contributed by atoms with van der Waals surface area (Å²) in [6.07, 6.45) is 8.09. The van der Waals surface area contributed by atoms with Crippen LogP contribution < -0.4 is 19.9 Å². The summed E-state index contributed by atoms with van der Waals surface area (Å²) in [5.41, 5.74) is 5.70. The minimum atomic E-state index is -0.947. The molecule has 0 aliphatic carbocycles. The number of imide groups is 2. The maximum atomic E-state index is 13.3. The Morgan fingerprint density at radius 1 is 0.729 bits per heavy atom. The smallest absolute Gasteiger partial charge is 0.262 e.